The number of nitrogens with zero attached hydrogens (tertiary/aromatic N) is 3. The van der Waals surface area contributed by atoms with Crippen molar-refractivity contribution in [3.8, 4) is 0 Å². The number of aryl methyl sites for hydroxylation is 2. The molecule has 2 rings (SSSR count). The van der Waals surface area contributed by atoms with Gasteiger partial charge in [-0.2, -0.15) is 5.10 Å². The van der Waals surface area contributed by atoms with Crippen LogP contribution in [0.2, 0.25) is 0 Å². The summed E-state index contributed by atoms with van der Waals surface area (Å²) in [6, 6.07) is 6.56. The van der Waals surface area contributed by atoms with Crippen molar-refractivity contribution in [1.82, 2.24) is 9.78 Å². The highest BCUT2D eigenvalue weighted by atomic mass is 15.2. The van der Waals surface area contributed by atoms with E-state index in [9.17, 15) is 0 Å². The van der Waals surface area contributed by atoms with Crippen LogP contribution in [-0.4, -0.2) is 23.4 Å². The van der Waals surface area contributed by atoms with Crippen LogP contribution in [0, 0.1) is 6.92 Å². The number of hydrogen-bond donors (Lipinski definition) is 1. The van der Waals surface area contributed by atoms with Crippen molar-refractivity contribution in [2.75, 3.05) is 18.5 Å². The van der Waals surface area contributed by atoms with Crippen LogP contribution in [-0.2, 0) is 20.0 Å². The van der Waals surface area contributed by atoms with Crippen LogP contribution in [0.25, 0.3) is 0 Å². The summed E-state index contributed by atoms with van der Waals surface area (Å²) >= 11 is 0. The van der Waals surface area contributed by atoms with Crippen molar-refractivity contribution in [2.24, 2.45) is 12.8 Å². The number of anilines is 1. The Hall–Kier alpha value is -1.81. The molecule has 0 fully saturated rings. The molecule has 0 aliphatic heterocycles. The average Bonchev–Trinajstić information content (AvgIpc) is 2.77. The highest BCUT2D eigenvalue weighted by Crippen LogP contribution is 2.20. The highest BCUT2D eigenvalue weighted by molar-refractivity contribution is 5.50. The molecule has 0 bridgehead atoms. The Labute approximate surface area is 114 Å². The van der Waals surface area contributed by atoms with Gasteiger partial charge in [0.15, 0.2) is 0 Å². The first-order valence-electron chi connectivity index (χ1n) is 6.58. The first-order valence-corrected chi connectivity index (χ1v) is 6.58. The van der Waals surface area contributed by atoms with Crippen molar-refractivity contribution < 1.29 is 0 Å². The highest BCUT2D eigenvalue weighted by Gasteiger charge is 2.06. The second-order valence-corrected chi connectivity index (χ2v) is 5.03. The van der Waals surface area contributed by atoms with Crippen molar-refractivity contribution >= 4 is 5.69 Å². The fourth-order valence-corrected chi connectivity index (χ4v) is 2.27. The summed E-state index contributed by atoms with van der Waals surface area (Å²) in [6.07, 6.45) is 4.90. The van der Waals surface area contributed by atoms with Gasteiger partial charge in [-0.25, -0.2) is 0 Å². The number of aromatic nitrogens is 2. The lowest BCUT2D eigenvalue weighted by Gasteiger charge is -2.20. The van der Waals surface area contributed by atoms with E-state index in [1.54, 1.807) is 0 Å². The molecule has 0 amide bonds. The molecule has 0 saturated carbocycles. The molecule has 1 aromatic carbocycles. The van der Waals surface area contributed by atoms with Gasteiger partial charge in [-0.3, -0.25) is 4.68 Å². The summed E-state index contributed by atoms with van der Waals surface area (Å²) in [5.74, 6) is 0. The van der Waals surface area contributed by atoms with Crippen LogP contribution in [0.15, 0.2) is 30.6 Å². The van der Waals surface area contributed by atoms with E-state index in [0.717, 1.165) is 13.0 Å². The molecule has 0 unspecified atom stereocenters. The average molecular weight is 258 g/mol. The molecule has 0 aliphatic rings. The maximum Gasteiger partial charge on any atom is 0.0539 e. The quantitative estimate of drug-likeness (QED) is 0.890. The molecular weight excluding hydrogens is 236 g/mol. The number of nitrogens with two attached hydrogens (primary N) is 1. The van der Waals surface area contributed by atoms with Gasteiger partial charge in [0.1, 0.15) is 0 Å². The normalized spacial score (nSPS) is 10.7. The molecule has 4 heteroatoms. The van der Waals surface area contributed by atoms with E-state index >= 15 is 0 Å². The van der Waals surface area contributed by atoms with Crippen molar-refractivity contribution in [2.45, 2.75) is 19.9 Å². The van der Waals surface area contributed by atoms with E-state index in [0.29, 0.717) is 6.54 Å². The smallest absolute Gasteiger partial charge is 0.0539 e. The summed E-state index contributed by atoms with van der Waals surface area (Å²) in [5, 5.41) is 4.20. The zero-order chi connectivity index (χ0) is 13.8. The summed E-state index contributed by atoms with van der Waals surface area (Å²) in [4.78, 5) is 2.23. The van der Waals surface area contributed by atoms with E-state index in [4.69, 9.17) is 5.73 Å². The summed E-state index contributed by atoms with van der Waals surface area (Å²) in [7, 11) is 4.04. The lowest BCUT2D eigenvalue weighted by atomic mass is 10.0. The minimum atomic E-state index is 0.700. The van der Waals surface area contributed by atoms with Crippen LogP contribution in [0.4, 0.5) is 5.69 Å². The predicted molar refractivity (Wildman–Crippen MR) is 79.3 cm³/mol. The molecule has 0 spiro atoms. The molecule has 19 heavy (non-hydrogen) atoms. The third-order valence-electron chi connectivity index (χ3n) is 3.36. The minimum absolute atomic E-state index is 0.700. The van der Waals surface area contributed by atoms with Gasteiger partial charge in [-0.15, -0.1) is 0 Å². The van der Waals surface area contributed by atoms with Gasteiger partial charge >= 0.3 is 0 Å². The molecule has 0 saturated heterocycles. The SMILES string of the molecule is Cc1cc(N(C)Cc2cnn(C)c2)ccc1CCN. The Morgan fingerprint density at radius 3 is 2.74 bits per heavy atom. The predicted octanol–water partition coefficient (Wildman–Crippen LogP) is 1.87. The summed E-state index contributed by atoms with van der Waals surface area (Å²) in [5.41, 5.74) is 10.7. The Morgan fingerprint density at radius 1 is 1.37 bits per heavy atom. The van der Waals surface area contributed by atoms with Gasteiger partial charge in [0.05, 0.1) is 6.20 Å². The van der Waals surface area contributed by atoms with Crippen molar-refractivity contribution in [3.05, 3.63) is 47.3 Å². The van der Waals surface area contributed by atoms with Crippen LogP contribution in [0.1, 0.15) is 16.7 Å². The van der Waals surface area contributed by atoms with E-state index in [1.807, 2.05) is 24.1 Å². The van der Waals surface area contributed by atoms with Gasteiger partial charge < -0.3 is 10.6 Å². The molecule has 102 valence electrons. The summed E-state index contributed by atoms with van der Waals surface area (Å²) in [6.45, 7) is 3.71. The van der Waals surface area contributed by atoms with E-state index in [-0.39, 0.29) is 0 Å². The second-order valence-electron chi connectivity index (χ2n) is 5.03. The first kappa shape index (κ1) is 13.6. The largest absolute Gasteiger partial charge is 0.370 e. The first-order chi connectivity index (χ1) is 9.10. The zero-order valence-electron chi connectivity index (χ0n) is 11.9. The molecule has 1 heterocycles. The van der Waals surface area contributed by atoms with Crippen LogP contribution >= 0.6 is 0 Å². The maximum absolute atomic E-state index is 5.61. The molecule has 2 N–H and O–H groups in total. The Balaban J connectivity index is 2.10. The zero-order valence-corrected chi connectivity index (χ0v) is 11.9. The molecule has 0 radical (unpaired) electrons. The number of rotatable bonds is 5. The monoisotopic (exact) mass is 258 g/mol. The van der Waals surface area contributed by atoms with E-state index < -0.39 is 0 Å². The minimum Gasteiger partial charge on any atom is -0.370 e. The van der Waals surface area contributed by atoms with Gasteiger partial charge in [-0.05, 0) is 43.1 Å². The molecule has 4 nitrogen and oxygen atoms in total. The Bertz CT molecular complexity index is 545. The van der Waals surface area contributed by atoms with Crippen LogP contribution < -0.4 is 10.6 Å². The molecular formula is C15H22N4. The third-order valence-corrected chi connectivity index (χ3v) is 3.36. The lowest BCUT2D eigenvalue weighted by Crippen LogP contribution is -2.16. The third kappa shape index (κ3) is 3.35. The topological polar surface area (TPSA) is 47.1 Å². The van der Waals surface area contributed by atoms with Gasteiger partial charge in [0.25, 0.3) is 0 Å². The molecule has 0 aliphatic carbocycles. The van der Waals surface area contributed by atoms with Gasteiger partial charge in [-0.1, -0.05) is 6.07 Å². The second kappa shape index (κ2) is 5.89. The molecule has 1 aromatic heterocycles. The maximum atomic E-state index is 5.61. The number of benzene rings is 1. The van der Waals surface area contributed by atoms with Crippen LogP contribution in [0.5, 0.6) is 0 Å². The summed E-state index contributed by atoms with van der Waals surface area (Å²) < 4.78 is 1.83. The molecule has 0 atom stereocenters. The van der Waals surface area contributed by atoms with Crippen LogP contribution in [0.3, 0.4) is 0 Å². The van der Waals surface area contributed by atoms with E-state index in [2.05, 4.69) is 42.2 Å². The van der Waals surface area contributed by atoms with Gasteiger partial charge in [0, 0.05) is 38.1 Å². The fraction of sp³-hybridized carbons (Fsp3) is 0.400. The number of hydrogen-bond acceptors (Lipinski definition) is 3. The van der Waals surface area contributed by atoms with Gasteiger partial charge in [0.2, 0.25) is 0 Å². The molecule has 2 aromatic rings. The standard InChI is InChI=1S/C15H22N4/c1-12-8-15(5-4-14(12)6-7-16)18(2)10-13-9-17-19(3)11-13/h4-5,8-9,11H,6-7,10,16H2,1-3H3. The van der Waals surface area contributed by atoms with Crippen molar-refractivity contribution in [3.63, 3.8) is 0 Å². The Morgan fingerprint density at radius 2 is 2.16 bits per heavy atom. The Kier molecular flexibility index (Phi) is 4.22. The lowest BCUT2D eigenvalue weighted by molar-refractivity contribution is 0.766. The fourth-order valence-electron chi connectivity index (χ4n) is 2.27. The van der Waals surface area contributed by atoms with E-state index in [1.165, 1.54) is 22.4 Å². The van der Waals surface area contributed by atoms with Crippen molar-refractivity contribution in [1.29, 1.82) is 0 Å².